The molecule has 0 spiro atoms. The Hall–Kier alpha value is -1.90. The van der Waals surface area contributed by atoms with Crippen molar-refractivity contribution < 1.29 is 14.3 Å². The molecule has 102 valence electrons. The highest BCUT2D eigenvalue weighted by Crippen LogP contribution is 2.10. The fourth-order valence-corrected chi connectivity index (χ4v) is 1.71. The minimum Gasteiger partial charge on any atom is -0.460 e. The number of ether oxygens (including phenoxy) is 1. The third-order valence-corrected chi connectivity index (χ3v) is 2.87. The third kappa shape index (κ3) is 4.70. The molecule has 19 heavy (non-hydrogen) atoms. The van der Waals surface area contributed by atoms with E-state index in [-0.39, 0.29) is 12.4 Å². The molecular weight excluding hydrogens is 240 g/mol. The number of Topliss-reactive ketones (excluding diaryl/α,β-unsaturated/α-hetero) is 1. The summed E-state index contributed by atoms with van der Waals surface area (Å²) in [5.41, 5.74) is 1.53. The second-order valence-corrected chi connectivity index (χ2v) is 4.47. The van der Waals surface area contributed by atoms with E-state index >= 15 is 0 Å². The molecule has 0 aliphatic rings. The van der Waals surface area contributed by atoms with Crippen LogP contribution in [0.1, 0.15) is 32.8 Å². The van der Waals surface area contributed by atoms with E-state index in [2.05, 4.69) is 0 Å². The molecule has 0 heterocycles. The molecule has 0 saturated heterocycles. The Morgan fingerprint density at radius 1 is 1.26 bits per heavy atom. The second kappa shape index (κ2) is 7.52. The van der Waals surface area contributed by atoms with E-state index in [1.165, 1.54) is 0 Å². The topological polar surface area (TPSA) is 43.4 Å². The quantitative estimate of drug-likeness (QED) is 0.448. The van der Waals surface area contributed by atoms with Crippen LogP contribution in [0.2, 0.25) is 0 Å². The molecule has 0 fully saturated rings. The summed E-state index contributed by atoms with van der Waals surface area (Å²) in [6.45, 7) is 5.47. The molecule has 0 saturated carbocycles. The molecule has 3 nitrogen and oxygen atoms in total. The van der Waals surface area contributed by atoms with Crippen molar-refractivity contribution in [2.24, 2.45) is 5.92 Å². The number of esters is 1. The highest BCUT2D eigenvalue weighted by Gasteiger charge is 2.23. The summed E-state index contributed by atoms with van der Waals surface area (Å²) in [6.07, 6.45) is 2.60. The maximum Gasteiger partial charge on any atom is 0.316 e. The van der Waals surface area contributed by atoms with Crippen molar-refractivity contribution in [1.29, 1.82) is 0 Å². The lowest BCUT2D eigenvalue weighted by Gasteiger charge is -2.11. The van der Waals surface area contributed by atoms with Crippen LogP contribution in [0, 0.1) is 5.92 Å². The molecule has 1 atom stereocenters. The van der Waals surface area contributed by atoms with Gasteiger partial charge in [0.15, 0.2) is 5.78 Å². The van der Waals surface area contributed by atoms with Gasteiger partial charge in [-0.25, -0.2) is 0 Å². The predicted molar refractivity (Wildman–Crippen MR) is 74.5 cm³/mol. The van der Waals surface area contributed by atoms with Gasteiger partial charge >= 0.3 is 5.97 Å². The zero-order chi connectivity index (χ0) is 14.3. The fraction of sp³-hybridized carbons (Fsp3) is 0.375. The Morgan fingerprint density at radius 3 is 2.47 bits per heavy atom. The third-order valence-electron chi connectivity index (χ3n) is 2.87. The maximum atomic E-state index is 11.9. The molecule has 1 aromatic rings. The second-order valence-electron chi connectivity index (χ2n) is 4.47. The predicted octanol–water partition coefficient (Wildman–Crippen LogP) is 3.29. The zero-order valence-corrected chi connectivity index (χ0v) is 11.7. The summed E-state index contributed by atoms with van der Waals surface area (Å²) < 4.78 is 5.15. The summed E-state index contributed by atoms with van der Waals surface area (Å²) in [7, 11) is 0. The van der Waals surface area contributed by atoms with Crippen molar-refractivity contribution in [3.63, 3.8) is 0 Å². The first-order chi connectivity index (χ1) is 9.06. The first kappa shape index (κ1) is 15.2. The Labute approximate surface area is 114 Å². The summed E-state index contributed by atoms with van der Waals surface area (Å²) in [4.78, 5) is 23.7. The maximum absolute atomic E-state index is 11.9. The van der Waals surface area contributed by atoms with Gasteiger partial charge in [0.1, 0.15) is 12.5 Å². The molecule has 0 aromatic heterocycles. The van der Waals surface area contributed by atoms with E-state index in [1.807, 2.05) is 43.3 Å². The molecule has 0 N–H and O–H groups in total. The van der Waals surface area contributed by atoms with Crippen molar-refractivity contribution in [2.75, 3.05) is 0 Å². The van der Waals surface area contributed by atoms with E-state index in [1.54, 1.807) is 13.8 Å². The molecule has 0 bridgehead atoms. The lowest BCUT2D eigenvalue weighted by molar-refractivity contribution is -0.151. The number of carbonyl (C=O) groups excluding carboxylic acids is 2. The van der Waals surface area contributed by atoms with E-state index < -0.39 is 11.9 Å². The molecular formula is C16H20O3. The average molecular weight is 260 g/mol. The highest BCUT2D eigenvalue weighted by atomic mass is 16.5. The lowest BCUT2D eigenvalue weighted by atomic mass is 10.00. The van der Waals surface area contributed by atoms with Crippen LogP contribution in [0.4, 0.5) is 0 Å². The number of rotatable bonds is 6. The van der Waals surface area contributed by atoms with E-state index in [0.29, 0.717) is 5.57 Å². The van der Waals surface area contributed by atoms with Crippen LogP contribution in [0.5, 0.6) is 0 Å². The first-order valence-corrected chi connectivity index (χ1v) is 6.47. The van der Waals surface area contributed by atoms with Gasteiger partial charge in [0.25, 0.3) is 0 Å². The van der Waals surface area contributed by atoms with Gasteiger partial charge in [-0.2, -0.15) is 0 Å². The Bertz CT molecular complexity index is 460. The van der Waals surface area contributed by atoms with Crippen molar-refractivity contribution in [1.82, 2.24) is 0 Å². The number of ketones is 1. The van der Waals surface area contributed by atoms with Gasteiger partial charge in [0.05, 0.1) is 0 Å². The Kier molecular flexibility index (Phi) is 6.00. The van der Waals surface area contributed by atoms with Crippen molar-refractivity contribution in [3.8, 4) is 0 Å². The highest BCUT2D eigenvalue weighted by molar-refractivity contribution is 6.07. The van der Waals surface area contributed by atoms with Crippen LogP contribution >= 0.6 is 0 Å². The largest absolute Gasteiger partial charge is 0.460 e. The summed E-state index contributed by atoms with van der Waals surface area (Å²) in [6, 6.07) is 9.41. The number of benzene rings is 1. The van der Waals surface area contributed by atoms with Gasteiger partial charge in [-0.15, -0.1) is 0 Å². The molecule has 0 radical (unpaired) electrons. The van der Waals surface area contributed by atoms with E-state index in [4.69, 9.17) is 4.74 Å². The number of allylic oxidation sites excluding steroid dienone is 2. The van der Waals surface area contributed by atoms with Crippen molar-refractivity contribution in [2.45, 2.75) is 33.8 Å². The fourth-order valence-electron chi connectivity index (χ4n) is 1.71. The molecule has 3 heteroatoms. The Morgan fingerprint density at radius 2 is 1.89 bits per heavy atom. The van der Waals surface area contributed by atoms with Gasteiger partial charge in [-0.3, -0.25) is 9.59 Å². The molecule has 0 aliphatic heterocycles. The van der Waals surface area contributed by atoms with Crippen LogP contribution in [0.3, 0.4) is 0 Å². The van der Waals surface area contributed by atoms with Crippen LogP contribution in [-0.4, -0.2) is 11.8 Å². The summed E-state index contributed by atoms with van der Waals surface area (Å²) in [5.74, 6) is -1.39. The van der Waals surface area contributed by atoms with Crippen LogP contribution < -0.4 is 0 Å². The van der Waals surface area contributed by atoms with Crippen LogP contribution in [0.15, 0.2) is 42.0 Å². The average Bonchev–Trinajstić information content (AvgIpc) is 2.44. The van der Waals surface area contributed by atoms with Gasteiger partial charge in [0.2, 0.25) is 0 Å². The van der Waals surface area contributed by atoms with Crippen LogP contribution in [0.25, 0.3) is 0 Å². The van der Waals surface area contributed by atoms with E-state index in [0.717, 1.165) is 12.0 Å². The SMILES string of the molecule is CC/C=C(\C)C(=O)C(C)C(=O)OCc1ccccc1. The Balaban J connectivity index is 2.54. The van der Waals surface area contributed by atoms with Crippen LogP contribution in [-0.2, 0) is 20.9 Å². The lowest BCUT2D eigenvalue weighted by Crippen LogP contribution is -2.24. The smallest absolute Gasteiger partial charge is 0.316 e. The monoisotopic (exact) mass is 260 g/mol. The minimum absolute atomic E-state index is 0.167. The zero-order valence-electron chi connectivity index (χ0n) is 11.7. The van der Waals surface area contributed by atoms with E-state index in [9.17, 15) is 9.59 Å². The van der Waals surface area contributed by atoms with Gasteiger partial charge in [-0.05, 0) is 31.4 Å². The first-order valence-electron chi connectivity index (χ1n) is 6.47. The number of hydrogen-bond donors (Lipinski definition) is 0. The molecule has 0 amide bonds. The normalized spacial score (nSPS) is 12.9. The standard InChI is InChI=1S/C16H20O3/c1-4-8-12(2)15(17)13(3)16(18)19-11-14-9-6-5-7-10-14/h5-10,13H,4,11H2,1-3H3/b12-8+. The minimum atomic E-state index is -0.744. The molecule has 1 aromatic carbocycles. The van der Waals surface area contributed by atoms with Crippen molar-refractivity contribution >= 4 is 11.8 Å². The van der Waals surface area contributed by atoms with Gasteiger partial charge in [-0.1, -0.05) is 43.3 Å². The van der Waals surface area contributed by atoms with Gasteiger partial charge in [0, 0.05) is 0 Å². The van der Waals surface area contributed by atoms with Gasteiger partial charge < -0.3 is 4.74 Å². The molecule has 1 rings (SSSR count). The number of hydrogen-bond acceptors (Lipinski definition) is 3. The molecule has 0 aliphatic carbocycles. The number of carbonyl (C=O) groups is 2. The summed E-state index contributed by atoms with van der Waals surface area (Å²) >= 11 is 0. The van der Waals surface area contributed by atoms with Crippen molar-refractivity contribution in [3.05, 3.63) is 47.5 Å². The molecule has 1 unspecified atom stereocenters. The summed E-state index contributed by atoms with van der Waals surface area (Å²) in [5, 5.41) is 0.